The summed E-state index contributed by atoms with van der Waals surface area (Å²) in [6.07, 6.45) is 1.43. The number of nitrogens with zero attached hydrogens (tertiary/aromatic N) is 2. The van der Waals surface area contributed by atoms with Gasteiger partial charge in [0.25, 0.3) is 0 Å². The monoisotopic (exact) mass is 312 g/mol. The second-order valence-corrected chi connectivity index (χ2v) is 5.72. The van der Waals surface area contributed by atoms with Crippen LogP contribution in [0.3, 0.4) is 0 Å². The summed E-state index contributed by atoms with van der Waals surface area (Å²) in [6.45, 7) is 7.47. The van der Waals surface area contributed by atoms with E-state index in [1.165, 1.54) is 12.3 Å². The number of hydrogen-bond acceptors (Lipinski definition) is 5. The second-order valence-electron chi connectivity index (χ2n) is 5.31. The highest BCUT2D eigenvalue weighted by molar-refractivity contribution is 6.33. The Morgan fingerprint density at radius 3 is 3.10 bits per heavy atom. The molecule has 1 saturated heterocycles. The molecule has 0 saturated carbocycles. The summed E-state index contributed by atoms with van der Waals surface area (Å²) >= 11 is 6.10. The largest absolute Gasteiger partial charge is 0.379 e. The molecule has 2 rings (SSSR count). The number of nitrogens with two attached hydrogens (primary N) is 1. The highest BCUT2D eigenvalue weighted by Gasteiger charge is 2.23. The first-order chi connectivity index (χ1) is 9.99. The van der Waals surface area contributed by atoms with Crippen molar-refractivity contribution in [1.29, 1.82) is 0 Å². The average Bonchev–Trinajstić information content (AvgIpc) is 2.46. The minimum atomic E-state index is -0.536. The Kier molecular flexibility index (Phi) is 5.39. The molecule has 0 unspecified atom stereocenters. The van der Waals surface area contributed by atoms with Crippen molar-refractivity contribution in [2.24, 2.45) is 5.73 Å². The minimum Gasteiger partial charge on any atom is -0.379 e. The zero-order valence-corrected chi connectivity index (χ0v) is 13.1. The number of rotatable bonds is 5. The van der Waals surface area contributed by atoms with Crippen molar-refractivity contribution in [2.45, 2.75) is 25.9 Å². The summed E-state index contributed by atoms with van der Waals surface area (Å²) in [4.78, 5) is 17.6. The molecule has 1 aromatic heterocycles. The molecule has 2 heterocycles. The molecule has 116 valence electrons. The zero-order valence-electron chi connectivity index (χ0n) is 12.3. The summed E-state index contributed by atoms with van der Waals surface area (Å²) in [5, 5.41) is 3.62. The summed E-state index contributed by atoms with van der Waals surface area (Å²) in [6, 6.07) is 2.26. The van der Waals surface area contributed by atoms with E-state index in [-0.39, 0.29) is 0 Å². The average molecular weight is 313 g/mol. The van der Waals surface area contributed by atoms with E-state index in [9.17, 15) is 4.79 Å². The second kappa shape index (κ2) is 7.06. The van der Waals surface area contributed by atoms with Gasteiger partial charge in [-0.3, -0.25) is 9.69 Å². The normalized spacial score (nSPS) is 21.0. The van der Waals surface area contributed by atoms with E-state index in [4.69, 9.17) is 22.1 Å². The molecule has 6 nitrogen and oxygen atoms in total. The molecule has 1 fully saturated rings. The fourth-order valence-electron chi connectivity index (χ4n) is 2.46. The molecular weight excluding hydrogens is 292 g/mol. The fourth-order valence-corrected chi connectivity index (χ4v) is 2.69. The van der Waals surface area contributed by atoms with Crippen LogP contribution in [0.5, 0.6) is 0 Å². The summed E-state index contributed by atoms with van der Waals surface area (Å²) < 4.78 is 5.44. The molecule has 3 N–H and O–H groups in total. The molecular formula is C14H21ClN4O2. The van der Waals surface area contributed by atoms with Crippen LogP contribution in [0, 0.1) is 0 Å². The van der Waals surface area contributed by atoms with Gasteiger partial charge in [0.15, 0.2) is 0 Å². The highest BCUT2D eigenvalue weighted by atomic mass is 35.5. The van der Waals surface area contributed by atoms with Crippen LogP contribution >= 0.6 is 11.6 Å². The van der Waals surface area contributed by atoms with Crippen LogP contribution in [0.1, 0.15) is 24.2 Å². The van der Waals surface area contributed by atoms with E-state index in [1.54, 1.807) is 0 Å². The van der Waals surface area contributed by atoms with Gasteiger partial charge in [-0.1, -0.05) is 11.6 Å². The Bertz CT molecular complexity index is 512. The number of amides is 1. The predicted octanol–water partition coefficient (Wildman–Crippen LogP) is 1.35. The SMILES string of the molecule is C[C@@H](CNc1ncc(C(N)=O)cc1Cl)N1CCOC[C@@H]1C. The number of hydrogen-bond donors (Lipinski definition) is 2. The summed E-state index contributed by atoms with van der Waals surface area (Å²) in [5.41, 5.74) is 5.50. The maximum Gasteiger partial charge on any atom is 0.250 e. The molecule has 0 bridgehead atoms. The fraction of sp³-hybridized carbons (Fsp3) is 0.571. The Balaban J connectivity index is 1.94. The first kappa shape index (κ1) is 16.0. The molecule has 1 aliphatic heterocycles. The lowest BCUT2D eigenvalue weighted by Gasteiger charge is -2.38. The Morgan fingerprint density at radius 2 is 2.48 bits per heavy atom. The summed E-state index contributed by atoms with van der Waals surface area (Å²) in [7, 11) is 0. The number of carbonyl (C=O) groups excluding carboxylic acids is 1. The van der Waals surface area contributed by atoms with Gasteiger partial charge in [0, 0.05) is 31.4 Å². The molecule has 0 aliphatic carbocycles. The highest BCUT2D eigenvalue weighted by Crippen LogP contribution is 2.20. The maximum absolute atomic E-state index is 11.1. The first-order valence-corrected chi connectivity index (χ1v) is 7.39. The number of aromatic nitrogens is 1. The van der Waals surface area contributed by atoms with Crippen LogP contribution in [-0.2, 0) is 4.74 Å². The third-order valence-corrected chi connectivity index (χ3v) is 3.96. The van der Waals surface area contributed by atoms with Crippen LogP contribution in [0.25, 0.3) is 0 Å². The lowest BCUT2D eigenvalue weighted by Crippen LogP contribution is -2.50. The van der Waals surface area contributed by atoms with Gasteiger partial charge < -0.3 is 15.8 Å². The zero-order chi connectivity index (χ0) is 15.4. The van der Waals surface area contributed by atoms with Gasteiger partial charge in [0.2, 0.25) is 5.91 Å². The van der Waals surface area contributed by atoms with Crippen molar-refractivity contribution in [1.82, 2.24) is 9.88 Å². The number of nitrogens with one attached hydrogen (secondary N) is 1. The van der Waals surface area contributed by atoms with E-state index in [0.717, 1.165) is 19.8 Å². The number of carbonyl (C=O) groups is 1. The van der Waals surface area contributed by atoms with Gasteiger partial charge in [-0.2, -0.15) is 0 Å². The first-order valence-electron chi connectivity index (χ1n) is 7.01. The van der Waals surface area contributed by atoms with E-state index in [2.05, 4.69) is 29.0 Å². The van der Waals surface area contributed by atoms with Crippen molar-refractivity contribution in [3.8, 4) is 0 Å². The maximum atomic E-state index is 11.1. The molecule has 21 heavy (non-hydrogen) atoms. The van der Waals surface area contributed by atoms with Gasteiger partial charge in [-0.15, -0.1) is 0 Å². The van der Waals surface area contributed by atoms with Crippen molar-refractivity contribution in [3.05, 3.63) is 22.8 Å². The van der Waals surface area contributed by atoms with Crippen molar-refractivity contribution in [2.75, 3.05) is 31.6 Å². The Labute approximate surface area is 129 Å². The topological polar surface area (TPSA) is 80.5 Å². The third-order valence-electron chi connectivity index (χ3n) is 3.68. The number of pyridine rings is 1. The van der Waals surface area contributed by atoms with Gasteiger partial charge >= 0.3 is 0 Å². The van der Waals surface area contributed by atoms with E-state index < -0.39 is 5.91 Å². The number of morpholine rings is 1. The molecule has 1 amide bonds. The molecule has 1 aliphatic rings. The van der Waals surface area contributed by atoms with Gasteiger partial charge in [-0.25, -0.2) is 4.98 Å². The number of primary amides is 1. The number of anilines is 1. The Morgan fingerprint density at radius 1 is 1.71 bits per heavy atom. The summed E-state index contributed by atoms with van der Waals surface area (Å²) in [5.74, 6) is 0.0286. The van der Waals surface area contributed by atoms with E-state index >= 15 is 0 Å². The lowest BCUT2D eigenvalue weighted by molar-refractivity contribution is -0.0159. The molecule has 0 spiro atoms. The third kappa shape index (κ3) is 4.06. The van der Waals surface area contributed by atoms with Gasteiger partial charge in [0.1, 0.15) is 5.82 Å². The van der Waals surface area contributed by atoms with E-state index in [0.29, 0.717) is 35.0 Å². The predicted molar refractivity (Wildman–Crippen MR) is 82.7 cm³/mol. The van der Waals surface area contributed by atoms with Crippen LogP contribution in [0.15, 0.2) is 12.3 Å². The van der Waals surface area contributed by atoms with Crippen molar-refractivity contribution >= 4 is 23.3 Å². The van der Waals surface area contributed by atoms with Gasteiger partial charge in [0.05, 0.1) is 23.8 Å². The van der Waals surface area contributed by atoms with Crippen LogP contribution < -0.4 is 11.1 Å². The Hall–Kier alpha value is -1.37. The van der Waals surface area contributed by atoms with Crippen LogP contribution in [0.2, 0.25) is 5.02 Å². The van der Waals surface area contributed by atoms with E-state index in [1.807, 2.05) is 0 Å². The van der Waals surface area contributed by atoms with Crippen LogP contribution in [-0.4, -0.2) is 54.2 Å². The number of ether oxygens (including phenoxy) is 1. The standard InChI is InChI=1S/C14H21ClN4O2/c1-9(19-3-4-21-8-10(19)2)6-17-14-12(15)5-11(7-18-14)13(16)20/h5,7,9-10H,3-4,6,8H2,1-2H3,(H2,16,20)(H,17,18)/t9-,10-/m0/s1. The number of halogens is 1. The quantitative estimate of drug-likeness (QED) is 0.858. The van der Waals surface area contributed by atoms with Crippen LogP contribution in [0.4, 0.5) is 5.82 Å². The molecule has 7 heteroatoms. The minimum absolute atomic E-state index is 0.306. The lowest BCUT2D eigenvalue weighted by atomic mass is 10.2. The van der Waals surface area contributed by atoms with Crippen molar-refractivity contribution in [3.63, 3.8) is 0 Å². The van der Waals surface area contributed by atoms with Crippen molar-refractivity contribution < 1.29 is 9.53 Å². The smallest absolute Gasteiger partial charge is 0.250 e. The molecule has 1 aromatic rings. The molecule has 2 atom stereocenters. The van der Waals surface area contributed by atoms with Gasteiger partial charge in [-0.05, 0) is 19.9 Å². The molecule has 0 radical (unpaired) electrons. The molecule has 0 aromatic carbocycles.